The van der Waals surface area contributed by atoms with Gasteiger partial charge in [-0.1, -0.05) is 23.7 Å². The lowest BCUT2D eigenvalue weighted by Gasteiger charge is -2.34. The Kier molecular flexibility index (Phi) is 6.75. The van der Waals surface area contributed by atoms with Crippen LogP contribution in [0.4, 0.5) is 10.8 Å². The smallest absolute Gasteiger partial charge is 0.245 e. The average molecular weight is 458 g/mol. The minimum Gasteiger partial charge on any atom is -0.497 e. The van der Waals surface area contributed by atoms with Gasteiger partial charge in [0.05, 0.1) is 36.7 Å². The van der Waals surface area contributed by atoms with E-state index in [0.29, 0.717) is 36.5 Å². The number of anilines is 2. The highest BCUT2D eigenvalue weighted by atomic mass is 35.5. The van der Waals surface area contributed by atoms with E-state index in [4.69, 9.17) is 26.1 Å². The molecule has 0 saturated carbocycles. The molecule has 1 aromatic heterocycles. The molecule has 2 heterocycles. The van der Waals surface area contributed by atoms with Crippen LogP contribution in [-0.4, -0.2) is 55.2 Å². The lowest BCUT2D eigenvalue weighted by molar-refractivity contribution is -0.136. The molecule has 6 nitrogen and oxygen atoms in total. The van der Waals surface area contributed by atoms with Crippen LogP contribution in [0.25, 0.3) is 11.3 Å². The standard InChI is InChI=1S/C23H24ClN3O3S/c1-16(22(28)26-11-13-30-14-12-26)27(21-6-4-3-5-19(21)24)23-25-20(15-31-23)17-7-9-18(29-2)10-8-17/h3-10,15-16H,11-14H2,1-2H3. The van der Waals surface area contributed by atoms with Crippen LogP contribution in [0, 0.1) is 0 Å². The summed E-state index contributed by atoms with van der Waals surface area (Å²) in [6.45, 7) is 4.20. The summed E-state index contributed by atoms with van der Waals surface area (Å²) in [5.74, 6) is 0.825. The van der Waals surface area contributed by atoms with Crippen molar-refractivity contribution in [1.29, 1.82) is 0 Å². The molecule has 1 fully saturated rings. The molecule has 3 aromatic rings. The second-order valence-electron chi connectivity index (χ2n) is 7.18. The SMILES string of the molecule is COc1ccc(-c2csc(N(c3ccccc3Cl)C(C)C(=O)N3CCOCC3)n2)cc1. The first-order chi connectivity index (χ1) is 15.1. The molecule has 31 heavy (non-hydrogen) atoms. The van der Waals surface area contributed by atoms with Crippen molar-refractivity contribution < 1.29 is 14.3 Å². The van der Waals surface area contributed by atoms with Crippen LogP contribution in [0.5, 0.6) is 5.75 Å². The molecule has 0 spiro atoms. The Labute approximate surface area is 191 Å². The van der Waals surface area contributed by atoms with E-state index < -0.39 is 6.04 Å². The Hall–Kier alpha value is -2.61. The molecule has 0 N–H and O–H groups in total. The van der Waals surface area contributed by atoms with E-state index in [1.165, 1.54) is 11.3 Å². The number of para-hydroxylation sites is 1. The zero-order valence-electron chi connectivity index (χ0n) is 17.5. The van der Waals surface area contributed by atoms with Crippen molar-refractivity contribution in [3.05, 3.63) is 58.9 Å². The molecule has 162 valence electrons. The highest BCUT2D eigenvalue weighted by molar-refractivity contribution is 7.14. The van der Waals surface area contributed by atoms with Crippen molar-refractivity contribution in [1.82, 2.24) is 9.88 Å². The number of hydrogen-bond acceptors (Lipinski definition) is 6. The third-order valence-corrected chi connectivity index (χ3v) is 6.42. The van der Waals surface area contributed by atoms with Crippen LogP contribution >= 0.6 is 22.9 Å². The molecule has 1 atom stereocenters. The number of morpholine rings is 1. The lowest BCUT2D eigenvalue weighted by atomic mass is 10.1. The first-order valence-electron chi connectivity index (χ1n) is 10.1. The summed E-state index contributed by atoms with van der Waals surface area (Å²) in [5, 5.41) is 3.28. The Morgan fingerprint density at radius 1 is 1.19 bits per heavy atom. The number of methoxy groups -OCH3 is 1. The van der Waals surface area contributed by atoms with Gasteiger partial charge in [0, 0.05) is 24.0 Å². The van der Waals surface area contributed by atoms with Gasteiger partial charge >= 0.3 is 0 Å². The zero-order valence-corrected chi connectivity index (χ0v) is 19.0. The second-order valence-corrected chi connectivity index (χ2v) is 8.42. The number of carbonyl (C=O) groups is 1. The van der Waals surface area contributed by atoms with Crippen molar-refractivity contribution in [3.63, 3.8) is 0 Å². The number of ether oxygens (including phenoxy) is 2. The summed E-state index contributed by atoms with van der Waals surface area (Å²) in [6.07, 6.45) is 0. The number of carbonyl (C=O) groups excluding carboxylic acids is 1. The van der Waals surface area contributed by atoms with Gasteiger partial charge in [0.1, 0.15) is 11.8 Å². The normalized spacial score (nSPS) is 14.9. The molecule has 4 rings (SSSR count). The molecule has 1 amide bonds. The number of amides is 1. The quantitative estimate of drug-likeness (QED) is 0.529. The van der Waals surface area contributed by atoms with E-state index in [2.05, 4.69) is 0 Å². The first kappa shape index (κ1) is 21.6. The Balaban J connectivity index is 1.68. The largest absolute Gasteiger partial charge is 0.497 e. The Morgan fingerprint density at radius 2 is 1.90 bits per heavy atom. The summed E-state index contributed by atoms with van der Waals surface area (Å²) < 4.78 is 10.6. The maximum absolute atomic E-state index is 13.3. The molecule has 1 unspecified atom stereocenters. The van der Waals surface area contributed by atoms with Gasteiger partial charge in [-0.25, -0.2) is 4.98 Å². The van der Waals surface area contributed by atoms with E-state index in [-0.39, 0.29) is 5.91 Å². The predicted octanol–water partition coefficient (Wildman–Crippen LogP) is 4.86. The summed E-state index contributed by atoms with van der Waals surface area (Å²) >= 11 is 8.02. The van der Waals surface area contributed by atoms with E-state index in [9.17, 15) is 4.79 Å². The number of aromatic nitrogens is 1. The van der Waals surface area contributed by atoms with Crippen LogP contribution < -0.4 is 9.64 Å². The minimum atomic E-state index is -0.465. The number of thiazole rings is 1. The van der Waals surface area contributed by atoms with Crippen molar-refractivity contribution >= 4 is 39.7 Å². The fraction of sp³-hybridized carbons (Fsp3) is 0.304. The van der Waals surface area contributed by atoms with Crippen LogP contribution in [0.2, 0.25) is 5.02 Å². The number of nitrogens with zero attached hydrogens (tertiary/aromatic N) is 3. The average Bonchev–Trinajstić information content (AvgIpc) is 3.30. The molecular weight excluding hydrogens is 434 g/mol. The molecule has 1 aliphatic heterocycles. The number of halogens is 1. The first-order valence-corrected chi connectivity index (χ1v) is 11.3. The summed E-state index contributed by atoms with van der Waals surface area (Å²) in [7, 11) is 1.64. The lowest BCUT2D eigenvalue weighted by Crippen LogP contribution is -2.49. The monoisotopic (exact) mass is 457 g/mol. The maximum atomic E-state index is 13.3. The molecule has 0 radical (unpaired) electrons. The van der Waals surface area contributed by atoms with E-state index >= 15 is 0 Å². The number of benzene rings is 2. The van der Waals surface area contributed by atoms with Gasteiger partial charge in [0.2, 0.25) is 5.91 Å². The van der Waals surface area contributed by atoms with E-state index in [1.807, 2.05) is 70.6 Å². The highest BCUT2D eigenvalue weighted by Crippen LogP contribution is 2.37. The minimum absolute atomic E-state index is 0.0319. The number of rotatable bonds is 6. The van der Waals surface area contributed by atoms with Gasteiger partial charge in [-0.15, -0.1) is 11.3 Å². The van der Waals surface area contributed by atoms with Crippen LogP contribution in [0.1, 0.15) is 6.92 Å². The third kappa shape index (κ3) is 4.69. The molecular formula is C23H24ClN3O3S. The van der Waals surface area contributed by atoms with Crippen molar-refractivity contribution in [2.75, 3.05) is 38.3 Å². The third-order valence-electron chi connectivity index (χ3n) is 5.26. The highest BCUT2D eigenvalue weighted by Gasteiger charge is 2.31. The molecule has 0 aliphatic carbocycles. The van der Waals surface area contributed by atoms with Gasteiger partial charge in [-0.3, -0.25) is 4.79 Å². The molecule has 1 aliphatic rings. The predicted molar refractivity (Wildman–Crippen MR) is 125 cm³/mol. The van der Waals surface area contributed by atoms with Crippen molar-refractivity contribution in [2.45, 2.75) is 13.0 Å². The van der Waals surface area contributed by atoms with E-state index in [1.54, 1.807) is 7.11 Å². The number of hydrogen-bond donors (Lipinski definition) is 0. The molecule has 2 aromatic carbocycles. The Morgan fingerprint density at radius 3 is 2.58 bits per heavy atom. The zero-order chi connectivity index (χ0) is 21.8. The van der Waals surface area contributed by atoms with Gasteiger partial charge in [-0.2, -0.15) is 0 Å². The van der Waals surface area contributed by atoms with Crippen molar-refractivity contribution in [3.8, 4) is 17.0 Å². The van der Waals surface area contributed by atoms with Gasteiger partial charge in [0.15, 0.2) is 5.13 Å². The van der Waals surface area contributed by atoms with Gasteiger partial charge in [-0.05, 0) is 43.3 Å². The van der Waals surface area contributed by atoms with Crippen LogP contribution in [-0.2, 0) is 9.53 Å². The van der Waals surface area contributed by atoms with E-state index in [0.717, 1.165) is 22.7 Å². The molecule has 8 heteroatoms. The topological polar surface area (TPSA) is 54.9 Å². The second kappa shape index (κ2) is 9.68. The van der Waals surface area contributed by atoms with Crippen LogP contribution in [0.15, 0.2) is 53.9 Å². The van der Waals surface area contributed by atoms with Crippen molar-refractivity contribution in [2.24, 2.45) is 0 Å². The summed E-state index contributed by atoms with van der Waals surface area (Å²) in [5.41, 5.74) is 2.58. The van der Waals surface area contributed by atoms with Gasteiger partial charge in [0.25, 0.3) is 0 Å². The molecule has 0 bridgehead atoms. The van der Waals surface area contributed by atoms with Gasteiger partial charge < -0.3 is 19.3 Å². The molecule has 1 saturated heterocycles. The maximum Gasteiger partial charge on any atom is 0.245 e. The summed E-state index contributed by atoms with van der Waals surface area (Å²) in [4.78, 5) is 21.9. The Bertz CT molecular complexity index is 1030. The van der Waals surface area contributed by atoms with Crippen LogP contribution in [0.3, 0.4) is 0 Å². The fourth-order valence-electron chi connectivity index (χ4n) is 3.55. The fourth-order valence-corrected chi connectivity index (χ4v) is 4.71. The summed E-state index contributed by atoms with van der Waals surface area (Å²) in [6, 6.07) is 14.8.